The van der Waals surface area contributed by atoms with Crippen molar-refractivity contribution >= 4 is 0 Å². The van der Waals surface area contributed by atoms with Crippen LogP contribution >= 0.6 is 0 Å². The van der Waals surface area contributed by atoms with Gasteiger partial charge in [-0.15, -0.1) is 0 Å². The lowest BCUT2D eigenvalue weighted by molar-refractivity contribution is 0.0427. The lowest BCUT2D eigenvalue weighted by atomic mass is 9.69. The normalized spacial score (nSPS) is 30.0. The molecule has 4 unspecified atom stereocenters. The van der Waals surface area contributed by atoms with Gasteiger partial charge in [-0.3, -0.25) is 4.90 Å². The highest BCUT2D eigenvalue weighted by molar-refractivity contribution is 4.94. The topological polar surface area (TPSA) is 15.3 Å². The smallest absolute Gasteiger partial charge is 0.0252 e. The van der Waals surface area contributed by atoms with Crippen molar-refractivity contribution in [3.8, 4) is 0 Å². The Bertz CT molecular complexity index is 280. The Morgan fingerprint density at radius 1 is 1.15 bits per heavy atom. The van der Waals surface area contributed by atoms with Crippen LogP contribution in [0.2, 0.25) is 0 Å². The predicted molar refractivity (Wildman–Crippen MR) is 90.1 cm³/mol. The quantitative estimate of drug-likeness (QED) is 0.814. The van der Waals surface area contributed by atoms with Crippen molar-refractivity contribution in [3.63, 3.8) is 0 Å². The molecule has 1 aliphatic carbocycles. The molecule has 1 aliphatic rings. The van der Waals surface area contributed by atoms with Crippen LogP contribution < -0.4 is 5.32 Å². The van der Waals surface area contributed by atoms with Crippen LogP contribution in [0.3, 0.4) is 0 Å². The van der Waals surface area contributed by atoms with Gasteiger partial charge in [0, 0.05) is 18.1 Å². The van der Waals surface area contributed by atoms with E-state index in [-0.39, 0.29) is 0 Å². The Balaban J connectivity index is 2.83. The van der Waals surface area contributed by atoms with Crippen molar-refractivity contribution in [1.82, 2.24) is 10.2 Å². The molecule has 0 aromatic rings. The molecule has 0 heterocycles. The van der Waals surface area contributed by atoms with Crippen LogP contribution in [0.1, 0.15) is 67.7 Å². The third-order valence-electron chi connectivity index (χ3n) is 5.64. The van der Waals surface area contributed by atoms with E-state index in [0.29, 0.717) is 23.5 Å². The molecule has 1 saturated carbocycles. The van der Waals surface area contributed by atoms with E-state index in [1.807, 2.05) is 0 Å². The van der Waals surface area contributed by atoms with Crippen molar-refractivity contribution in [2.75, 3.05) is 13.6 Å². The summed E-state index contributed by atoms with van der Waals surface area (Å²) in [6, 6.07) is 2.01. The lowest BCUT2D eigenvalue weighted by Gasteiger charge is -2.47. The Morgan fingerprint density at radius 2 is 1.75 bits per heavy atom. The first-order chi connectivity index (χ1) is 9.18. The highest BCUT2D eigenvalue weighted by Gasteiger charge is 2.38. The van der Waals surface area contributed by atoms with Crippen LogP contribution in [0.4, 0.5) is 0 Å². The summed E-state index contributed by atoms with van der Waals surface area (Å²) in [6.07, 6.45) is 4.05. The summed E-state index contributed by atoms with van der Waals surface area (Å²) in [4.78, 5) is 2.65. The monoisotopic (exact) mass is 282 g/mol. The average molecular weight is 283 g/mol. The first-order valence-electron chi connectivity index (χ1n) is 8.63. The first-order valence-corrected chi connectivity index (χ1v) is 8.63. The molecule has 1 N–H and O–H groups in total. The molecule has 20 heavy (non-hydrogen) atoms. The summed E-state index contributed by atoms with van der Waals surface area (Å²) in [5, 5.41) is 3.74. The molecule has 4 atom stereocenters. The van der Waals surface area contributed by atoms with Gasteiger partial charge in [0.1, 0.15) is 0 Å². The molecule has 1 fully saturated rings. The molecule has 0 bridgehead atoms. The second-order valence-corrected chi connectivity index (χ2v) is 8.26. The molecule has 0 aromatic heterocycles. The summed E-state index contributed by atoms with van der Waals surface area (Å²) in [5.74, 6) is 1.57. The molecular weight excluding hydrogens is 244 g/mol. The standard InChI is InChI=1S/C18H38N2/c1-9-19-16-11-10-15(18(5,6)7)12-17(16)20(8)14(4)13(2)3/h13-17,19H,9-12H2,1-8H3. The van der Waals surface area contributed by atoms with Gasteiger partial charge >= 0.3 is 0 Å². The predicted octanol–water partition coefficient (Wildman–Crippen LogP) is 4.16. The molecular formula is C18H38N2. The van der Waals surface area contributed by atoms with Crippen LogP contribution in [0.25, 0.3) is 0 Å². The van der Waals surface area contributed by atoms with Crippen molar-refractivity contribution in [2.45, 2.75) is 85.9 Å². The van der Waals surface area contributed by atoms with E-state index in [4.69, 9.17) is 0 Å². The largest absolute Gasteiger partial charge is 0.313 e. The molecule has 2 nitrogen and oxygen atoms in total. The van der Waals surface area contributed by atoms with Gasteiger partial charge < -0.3 is 5.32 Å². The van der Waals surface area contributed by atoms with E-state index in [2.05, 4.69) is 65.7 Å². The van der Waals surface area contributed by atoms with Crippen molar-refractivity contribution in [3.05, 3.63) is 0 Å². The summed E-state index contributed by atoms with van der Waals surface area (Å²) in [6.45, 7) is 17.6. The summed E-state index contributed by atoms with van der Waals surface area (Å²) >= 11 is 0. The van der Waals surface area contributed by atoms with Crippen molar-refractivity contribution in [1.29, 1.82) is 0 Å². The van der Waals surface area contributed by atoms with E-state index in [1.165, 1.54) is 19.3 Å². The van der Waals surface area contributed by atoms with E-state index in [9.17, 15) is 0 Å². The molecule has 0 aliphatic heterocycles. The summed E-state index contributed by atoms with van der Waals surface area (Å²) < 4.78 is 0. The van der Waals surface area contributed by atoms with Crippen LogP contribution in [0.15, 0.2) is 0 Å². The Kier molecular flexibility index (Phi) is 6.53. The maximum absolute atomic E-state index is 3.74. The third-order valence-corrected chi connectivity index (χ3v) is 5.64. The second kappa shape index (κ2) is 7.26. The Morgan fingerprint density at radius 3 is 2.20 bits per heavy atom. The summed E-state index contributed by atoms with van der Waals surface area (Å²) in [7, 11) is 2.34. The van der Waals surface area contributed by atoms with Crippen LogP contribution in [0, 0.1) is 17.3 Å². The highest BCUT2D eigenvalue weighted by Crippen LogP contribution is 2.39. The number of rotatable bonds is 5. The van der Waals surface area contributed by atoms with Gasteiger partial charge in [0.25, 0.3) is 0 Å². The van der Waals surface area contributed by atoms with Gasteiger partial charge in [0.2, 0.25) is 0 Å². The number of nitrogens with zero attached hydrogens (tertiary/aromatic N) is 1. The van der Waals surface area contributed by atoms with E-state index in [1.54, 1.807) is 0 Å². The molecule has 0 amide bonds. The number of nitrogens with one attached hydrogen (secondary N) is 1. The minimum Gasteiger partial charge on any atom is -0.313 e. The number of likely N-dealkylation sites (N-methyl/N-ethyl adjacent to an activating group) is 2. The molecule has 120 valence electrons. The zero-order valence-corrected chi connectivity index (χ0v) is 15.2. The van der Waals surface area contributed by atoms with Gasteiger partial charge in [-0.05, 0) is 57.0 Å². The van der Waals surface area contributed by atoms with Gasteiger partial charge in [0.15, 0.2) is 0 Å². The fraction of sp³-hybridized carbons (Fsp3) is 1.00. The molecule has 2 heteroatoms. The first kappa shape index (κ1) is 18.0. The van der Waals surface area contributed by atoms with E-state index < -0.39 is 0 Å². The fourth-order valence-electron chi connectivity index (χ4n) is 3.66. The molecule has 0 saturated heterocycles. The van der Waals surface area contributed by atoms with Gasteiger partial charge in [-0.2, -0.15) is 0 Å². The van der Waals surface area contributed by atoms with E-state index >= 15 is 0 Å². The zero-order chi connectivity index (χ0) is 15.5. The lowest BCUT2D eigenvalue weighted by Crippen LogP contribution is -2.56. The fourth-order valence-corrected chi connectivity index (χ4v) is 3.66. The minimum absolute atomic E-state index is 0.442. The molecule has 0 spiro atoms. The molecule has 0 radical (unpaired) electrons. The van der Waals surface area contributed by atoms with Gasteiger partial charge in [-0.25, -0.2) is 0 Å². The number of hydrogen-bond acceptors (Lipinski definition) is 2. The molecule has 0 aromatic carbocycles. The third kappa shape index (κ3) is 4.46. The van der Waals surface area contributed by atoms with Gasteiger partial charge in [0.05, 0.1) is 0 Å². The average Bonchev–Trinajstić information content (AvgIpc) is 2.36. The van der Waals surface area contributed by atoms with Crippen LogP contribution in [-0.4, -0.2) is 36.6 Å². The SMILES string of the molecule is CCNC1CCC(C(C)(C)C)CC1N(C)C(C)C(C)C. The second-order valence-electron chi connectivity index (χ2n) is 8.26. The van der Waals surface area contributed by atoms with Crippen LogP contribution in [0.5, 0.6) is 0 Å². The Labute approximate surface area is 127 Å². The van der Waals surface area contributed by atoms with E-state index in [0.717, 1.165) is 18.4 Å². The van der Waals surface area contributed by atoms with Crippen molar-refractivity contribution in [2.24, 2.45) is 17.3 Å². The maximum atomic E-state index is 3.74. The summed E-state index contributed by atoms with van der Waals surface area (Å²) in [5.41, 5.74) is 0.442. The minimum atomic E-state index is 0.442. The van der Waals surface area contributed by atoms with Gasteiger partial charge in [-0.1, -0.05) is 41.5 Å². The maximum Gasteiger partial charge on any atom is 0.0252 e. The zero-order valence-electron chi connectivity index (χ0n) is 15.2. The van der Waals surface area contributed by atoms with Crippen LogP contribution in [-0.2, 0) is 0 Å². The number of hydrogen-bond donors (Lipinski definition) is 1. The Hall–Kier alpha value is -0.0800. The molecule has 1 rings (SSSR count). The van der Waals surface area contributed by atoms with Crippen molar-refractivity contribution < 1.29 is 0 Å². The highest BCUT2D eigenvalue weighted by atomic mass is 15.2.